The van der Waals surface area contributed by atoms with Gasteiger partial charge in [-0.2, -0.15) is 0 Å². The average molecular weight is 153 g/mol. The van der Waals surface area contributed by atoms with Crippen LogP contribution in [0, 0.1) is 11.8 Å². The molecule has 0 spiro atoms. The molecule has 0 aliphatic carbocycles. The van der Waals surface area contributed by atoms with Crippen LogP contribution in [0.2, 0.25) is 0 Å². The smallest absolute Gasteiger partial charge is 0.296 e. The van der Waals surface area contributed by atoms with Crippen molar-refractivity contribution in [2.45, 2.75) is 39.7 Å². The van der Waals surface area contributed by atoms with Crippen LogP contribution in [0.25, 0.3) is 0 Å². The highest BCUT2D eigenvalue weighted by molar-refractivity contribution is 5.93. The topological polar surface area (TPSA) is 29.1 Å². The van der Waals surface area contributed by atoms with E-state index in [2.05, 4.69) is 24.1 Å². The van der Waals surface area contributed by atoms with Gasteiger partial charge in [0.05, 0.1) is 0 Å². The van der Waals surface area contributed by atoms with Gasteiger partial charge in [0.1, 0.15) is 0 Å². The summed E-state index contributed by atoms with van der Waals surface area (Å²) in [6, 6.07) is 0.244. The summed E-state index contributed by atoms with van der Waals surface area (Å²) >= 11 is 0. The minimum Gasteiger partial charge on any atom is -0.343 e. The molecule has 0 saturated carbocycles. The fourth-order valence-electron chi connectivity index (χ4n) is 0.879. The van der Waals surface area contributed by atoms with Crippen LogP contribution >= 0.6 is 0 Å². The van der Waals surface area contributed by atoms with E-state index in [0.29, 0.717) is 0 Å². The molecule has 1 atom stereocenters. The van der Waals surface area contributed by atoms with E-state index in [1.54, 1.807) is 6.92 Å². The summed E-state index contributed by atoms with van der Waals surface area (Å²) in [5, 5.41) is 2.77. The maximum absolute atomic E-state index is 10.8. The lowest BCUT2D eigenvalue weighted by molar-refractivity contribution is -0.116. The highest BCUT2D eigenvalue weighted by atomic mass is 16.1. The van der Waals surface area contributed by atoms with Crippen molar-refractivity contribution in [3.8, 4) is 11.8 Å². The Balaban J connectivity index is 3.63. The maximum atomic E-state index is 10.8. The third-order valence-corrected chi connectivity index (χ3v) is 1.34. The van der Waals surface area contributed by atoms with Gasteiger partial charge in [-0.25, -0.2) is 0 Å². The van der Waals surface area contributed by atoms with Crippen molar-refractivity contribution in [1.29, 1.82) is 0 Å². The Kier molecular flexibility index (Phi) is 5.28. The molecule has 0 heterocycles. The molecular formula is C9H15NO. The molecule has 1 N–H and O–H groups in total. The second-order valence-corrected chi connectivity index (χ2v) is 2.54. The minimum atomic E-state index is -0.173. The predicted octanol–water partition coefficient (Wildman–Crippen LogP) is 1.31. The van der Waals surface area contributed by atoms with E-state index in [-0.39, 0.29) is 11.9 Å². The Morgan fingerprint density at radius 1 is 1.64 bits per heavy atom. The Bertz CT molecular complexity index is 176. The number of nitrogens with one attached hydrogen (secondary N) is 1. The Morgan fingerprint density at radius 2 is 2.27 bits per heavy atom. The van der Waals surface area contributed by atoms with Crippen molar-refractivity contribution in [2.75, 3.05) is 0 Å². The van der Waals surface area contributed by atoms with E-state index in [9.17, 15) is 4.79 Å². The molecule has 1 unspecified atom stereocenters. The van der Waals surface area contributed by atoms with Gasteiger partial charge in [0.2, 0.25) is 0 Å². The summed E-state index contributed by atoms with van der Waals surface area (Å²) in [5.74, 6) is 4.81. The van der Waals surface area contributed by atoms with E-state index in [0.717, 1.165) is 12.8 Å². The molecule has 2 heteroatoms. The number of carbonyl (C=O) groups is 1. The SMILES string of the molecule is CC#CC(=O)NC(C)CCC. The zero-order valence-electron chi connectivity index (χ0n) is 7.40. The summed E-state index contributed by atoms with van der Waals surface area (Å²) in [5.41, 5.74) is 0. The van der Waals surface area contributed by atoms with Gasteiger partial charge in [-0.15, -0.1) is 0 Å². The van der Waals surface area contributed by atoms with Gasteiger partial charge >= 0.3 is 0 Å². The zero-order valence-corrected chi connectivity index (χ0v) is 7.40. The molecule has 0 aliphatic rings. The van der Waals surface area contributed by atoms with Gasteiger partial charge < -0.3 is 5.32 Å². The predicted molar refractivity (Wildman–Crippen MR) is 46.0 cm³/mol. The highest BCUT2D eigenvalue weighted by Gasteiger charge is 2.01. The first-order chi connectivity index (χ1) is 5.20. The van der Waals surface area contributed by atoms with Crippen LogP contribution in [0.1, 0.15) is 33.6 Å². The summed E-state index contributed by atoms with van der Waals surface area (Å²) in [6.45, 7) is 5.73. The van der Waals surface area contributed by atoms with E-state index in [1.165, 1.54) is 0 Å². The first-order valence-electron chi connectivity index (χ1n) is 3.94. The van der Waals surface area contributed by atoms with E-state index in [4.69, 9.17) is 0 Å². The van der Waals surface area contributed by atoms with Crippen LogP contribution in [0.5, 0.6) is 0 Å². The number of hydrogen-bond donors (Lipinski definition) is 1. The van der Waals surface area contributed by atoms with Gasteiger partial charge in [0, 0.05) is 6.04 Å². The first kappa shape index (κ1) is 10.0. The molecular weight excluding hydrogens is 138 g/mol. The van der Waals surface area contributed by atoms with Crippen molar-refractivity contribution in [3.05, 3.63) is 0 Å². The van der Waals surface area contributed by atoms with Crippen molar-refractivity contribution >= 4 is 5.91 Å². The molecule has 0 aliphatic heterocycles. The second kappa shape index (κ2) is 5.79. The third kappa shape index (κ3) is 5.47. The molecule has 0 rings (SSSR count). The van der Waals surface area contributed by atoms with Crippen LogP contribution in [-0.4, -0.2) is 11.9 Å². The minimum absolute atomic E-state index is 0.173. The zero-order chi connectivity index (χ0) is 8.69. The standard InChI is InChI=1S/C9H15NO/c1-4-6-8(3)10-9(11)7-5-2/h8H,4,6H2,1-3H3,(H,10,11). The molecule has 1 amide bonds. The van der Waals surface area contributed by atoms with Gasteiger partial charge in [-0.1, -0.05) is 19.3 Å². The van der Waals surface area contributed by atoms with Crippen LogP contribution in [0.15, 0.2) is 0 Å². The first-order valence-corrected chi connectivity index (χ1v) is 3.94. The lowest BCUT2D eigenvalue weighted by atomic mass is 10.2. The molecule has 0 aromatic carbocycles. The van der Waals surface area contributed by atoms with Crippen molar-refractivity contribution < 1.29 is 4.79 Å². The lowest BCUT2D eigenvalue weighted by Gasteiger charge is -2.08. The van der Waals surface area contributed by atoms with Gasteiger partial charge in [-0.05, 0) is 26.2 Å². The summed E-state index contributed by atoms with van der Waals surface area (Å²) in [7, 11) is 0. The molecule has 0 bridgehead atoms. The van der Waals surface area contributed by atoms with Crippen LogP contribution in [0.3, 0.4) is 0 Å². The summed E-state index contributed by atoms with van der Waals surface area (Å²) < 4.78 is 0. The summed E-state index contributed by atoms with van der Waals surface area (Å²) in [6.07, 6.45) is 2.10. The largest absolute Gasteiger partial charge is 0.343 e. The van der Waals surface area contributed by atoms with Crippen molar-refractivity contribution in [1.82, 2.24) is 5.32 Å². The fraction of sp³-hybridized carbons (Fsp3) is 0.667. The summed E-state index contributed by atoms with van der Waals surface area (Å²) in [4.78, 5) is 10.8. The number of carbonyl (C=O) groups excluding carboxylic acids is 1. The van der Waals surface area contributed by atoms with Crippen LogP contribution in [-0.2, 0) is 4.79 Å². The fourth-order valence-corrected chi connectivity index (χ4v) is 0.879. The molecule has 2 nitrogen and oxygen atoms in total. The highest BCUT2D eigenvalue weighted by Crippen LogP contribution is 1.93. The van der Waals surface area contributed by atoms with E-state index < -0.39 is 0 Å². The average Bonchev–Trinajstić information content (AvgIpc) is 1.87. The number of rotatable bonds is 3. The normalized spacial score (nSPS) is 11.2. The quantitative estimate of drug-likeness (QED) is 0.609. The van der Waals surface area contributed by atoms with Gasteiger partial charge in [0.15, 0.2) is 0 Å². The lowest BCUT2D eigenvalue weighted by Crippen LogP contribution is -2.31. The van der Waals surface area contributed by atoms with Crippen LogP contribution < -0.4 is 5.32 Å². The second-order valence-electron chi connectivity index (χ2n) is 2.54. The van der Waals surface area contributed by atoms with E-state index in [1.807, 2.05) is 6.92 Å². The van der Waals surface area contributed by atoms with Crippen LogP contribution in [0.4, 0.5) is 0 Å². The maximum Gasteiger partial charge on any atom is 0.296 e. The van der Waals surface area contributed by atoms with Crippen molar-refractivity contribution in [2.24, 2.45) is 0 Å². The molecule has 0 radical (unpaired) electrons. The third-order valence-electron chi connectivity index (χ3n) is 1.34. The Hall–Kier alpha value is -0.970. The van der Waals surface area contributed by atoms with Gasteiger partial charge in [0.25, 0.3) is 5.91 Å². The molecule has 0 saturated heterocycles. The van der Waals surface area contributed by atoms with Gasteiger partial charge in [-0.3, -0.25) is 4.79 Å². The number of amides is 1. The number of hydrogen-bond acceptors (Lipinski definition) is 1. The molecule has 0 aromatic heterocycles. The molecule has 0 fully saturated rings. The Labute approximate surface area is 68.4 Å². The molecule has 62 valence electrons. The Morgan fingerprint density at radius 3 is 2.73 bits per heavy atom. The monoisotopic (exact) mass is 153 g/mol. The molecule has 11 heavy (non-hydrogen) atoms. The van der Waals surface area contributed by atoms with Crippen molar-refractivity contribution in [3.63, 3.8) is 0 Å². The van der Waals surface area contributed by atoms with E-state index >= 15 is 0 Å². The molecule has 0 aromatic rings.